The SMILES string of the molecule is CCOC(C)[C@H](Oc1ncnc2c1cnn2-c1ncc(Cl)cc1C(F)(F)F)C(=O)O. The minimum atomic E-state index is -4.75. The molecule has 3 rings (SSSR count). The molecule has 160 valence electrons. The van der Waals surface area contributed by atoms with Crippen molar-refractivity contribution >= 4 is 28.6 Å². The first kappa shape index (κ1) is 21.7. The fourth-order valence-electron chi connectivity index (χ4n) is 2.70. The molecular weight excluding hydrogens is 431 g/mol. The molecular formula is C17H15ClF3N5O4. The molecule has 0 fully saturated rings. The number of hydrogen-bond donors (Lipinski definition) is 1. The van der Waals surface area contributed by atoms with E-state index in [-0.39, 0.29) is 28.5 Å². The second kappa shape index (κ2) is 8.40. The maximum Gasteiger partial charge on any atom is 0.420 e. The molecule has 0 spiro atoms. The Bertz CT molecular complexity index is 1080. The number of carbonyl (C=O) groups is 1. The van der Waals surface area contributed by atoms with Gasteiger partial charge in [-0.15, -0.1) is 0 Å². The van der Waals surface area contributed by atoms with E-state index in [0.29, 0.717) is 0 Å². The van der Waals surface area contributed by atoms with E-state index in [9.17, 15) is 23.1 Å². The Balaban J connectivity index is 2.08. The number of rotatable bonds is 7. The lowest BCUT2D eigenvalue weighted by Gasteiger charge is -2.20. The highest BCUT2D eigenvalue weighted by atomic mass is 35.5. The highest BCUT2D eigenvalue weighted by Crippen LogP contribution is 2.35. The Morgan fingerprint density at radius 1 is 1.30 bits per heavy atom. The molecule has 0 radical (unpaired) electrons. The third kappa shape index (κ3) is 4.28. The average molecular weight is 446 g/mol. The van der Waals surface area contributed by atoms with Crippen molar-refractivity contribution < 1.29 is 32.5 Å². The molecule has 1 N–H and O–H groups in total. The van der Waals surface area contributed by atoms with Crippen LogP contribution in [-0.4, -0.2) is 54.6 Å². The van der Waals surface area contributed by atoms with E-state index in [1.807, 2.05) is 0 Å². The van der Waals surface area contributed by atoms with Crippen molar-refractivity contribution in [3.8, 4) is 11.7 Å². The zero-order chi connectivity index (χ0) is 22.1. The molecule has 2 atom stereocenters. The van der Waals surface area contributed by atoms with Gasteiger partial charge in [-0.2, -0.15) is 23.0 Å². The number of nitrogens with zero attached hydrogens (tertiary/aromatic N) is 5. The summed E-state index contributed by atoms with van der Waals surface area (Å²) in [6.07, 6.45) is -3.76. The Hall–Kier alpha value is -2.99. The highest BCUT2D eigenvalue weighted by molar-refractivity contribution is 6.30. The van der Waals surface area contributed by atoms with Crippen LogP contribution in [0.25, 0.3) is 16.9 Å². The maximum absolute atomic E-state index is 13.4. The summed E-state index contributed by atoms with van der Waals surface area (Å²) in [5.41, 5.74) is -1.18. The molecule has 3 aromatic heterocycles. The number of alkyl halides is 3. The van der Waals surface area contributed by atoms with Crippen LogP contribution in [0.15, 0.2) is 24.8 Å². The first-order chi connectivity index (χ1) is 14.1. The Labute approximate surface area is 172 Å². The standard InChI is InChI=1S/C17H15ClF3N5O4/c1-3-29-8(2)12(16(27)28)30-15-10-6-25-26(13(10)23-7-24-15)14-11(17(19,20)21)4-9(18)5-22-14/h4-8,12H,3H2,1-2H3,(H,27,28)/t8?,12-/m0/s1. The Morgan fingerprint density at radius 2 is 2.03 bits per heavy atom. The number of carboxylic acids is 1. The molecule has 9 nitrogen and oxygen atoms in total. The summed E-state index contributed by atoms with van der Waals surface area (Å²) in [5, 5.41) is 13.2. The lowest BCUT2D eigenvalue weighted by atomic mass is 10.2. The van der Waals surface area contributed by atoms with Crippen LogP contribution in [0.1, 0.15) is 19.4 Å². The van der Waals surface area contributed by atoms with Crippen molar-refractivity contribution in [3.05, 3.63) is 35.4 Å². The van der Waals surface area contributed by atoms with E-state index in [1.165, 1.54) is 6.92 Å². The predicted octanol–water partition coefficient (Wildman–Crippen LogP) is 3.14. The summed E-state index contributed by atoms with van der Waals surface area (Å²) in [6.45, 7) is 3.46. The fourth-order valence-corrected chi connectivity index (χ4v) is 2.86. The first-order valence-corrected chi connectivity index (χ1v) is 8.94. The number of aliphatic carboxylic acids is 1. The Kier molecular flexibility index (Phi) is 6.08. The van der Waals surface area contributed by atoms with Gasteiger partial charge in [0.05, 0.1) is 11.2 Å². The van der Waals surface area contributed by atoms with E-state index < -0.39 is 35.7 Å². The molecule has 1 unspecified atom stereocenters. The summed E-state index contributed by atoms with van der Waals surface area (Å²) in [7, 11) is 0. The molecule has 3 aromatic rings. The van der Waals surface area contributed by atoms with Crippen molar-refractivity contribution in [2.75, 3.05) is 6.61 Å². The van der Waals surface area contributed by atoms with Gasteiger partial charge in [-0.1, -0.05) is 11.6 Å². The normalized spacial score (nSPS) is 13.9. The molecule has 0 saturated heterocycles. The number of aromatic nitrogens is 5. The summed E-state index contributed by atoms with van der Waals surface area (Å²) in [6, 6.07) is 0.722. The lowest BCUT2D eigenvalue weighted by Crippen LogP contribution is -2.39. The number of hydrogen-bond acceptors (Lipinski definition) is 7. The topological polar surface area (TPSA) is 112 Å². The van der Waals surface area contributed by atoms with Gasteiger partial charge in [0.25, 0.3) is 0 Å². The van der Waals surface area contributed by atoms with Gasteiger partial charge in [-0.05, 0) is 19.9 Å². The fraction of sp³-hybridized carbons (Fsp3) is 0.353. The zero-order valence-corrected chi connectivity index (χ0v) is 16.3. The molecule has 13 heteroatoms. The quantitative estimate of drug-likeness (QED) is 0.590. The van der Waals surface area contributed by atoms with Crippen molar-refractivity contribution in [3.63, 3.8) is 0 Å². The second-order valence-corrected chi connectivity index (χ2v) is 6.47. The summed E-state index contributed by atoms with van der Waals surface area (Å²) in [5.74, 6) is -2.02. The molecule has 0 aliphatic rings. The molecule has 3 heterocycles. The van der Waals surface area contributed by atoms with Gasteiger partial charge in [-0.25, -0.2) is 19.7 Å². The van der Waals surface area contributed by atoms with E-state index in [2.05, 4.69) is 20.1 Å². The van der Waals surface area contributed by atoms with Crippen LogP contribution in [0.5, 0.6) is 5.88 Å². The van der Waals surface area contributed by atoms with Gasteiger partial charge in [0.15, 0.2) is 11.5 Å². The molecule has 0 bridgehead atoms. The van der Waals surface area contributed by atoms with E-state index in [1.54, 1.807) is 6.92 Å². The molecule has 30 heavy (non-hydrogen) atoms. The molecule has 0 amide bonds. The summed E-state index contributed by atoms with van der Waals surface area (Å²) in [4.78, 5) is 23.1. The average Bonchev–Trinajstić information content (AvgIpc) is 3.10. The van der Waals surface area contributed by atoms with Crippen LogP contribution >= 0.6 is 11.6 Å². The molecule has 0 aliphatic heterocycles. The smallest absolute Gasteiger partial charge is 0.420 e. The number of halogens is 4. The third-order valence-electron chi connectivity index (χ3n) is 4.01. The van der Waals surface area contributed by atoms with E-state index in [0.717, 1.165) is 29.5 Å². The minimum absolute atomic E-state index is 0.0616. The van der Waals surface area contributed by atoms with Crippen LogP contribution < -0.4 is 4.74 Å². The predicted molar refractivity (Wildman–Crippen MR) is 97.6 cm³/mol. The Morgan fingerprint density at radius 3 is 2.67 bits per heavy atom. The number of pyridine rings is 1. The molecule has 0 saturated carbocycles. The minimum Gasteiger partial charge on any atom is -0.478 e. The van der Waals surface area contributed by atoms with Gasteiger partial charge in [-0.3, -0.25) is 0 Å². The highest BCUT2D eigenvalue weighted by Gasteiger charge is 2.36. The number of carboxylic acid groups (broad SMARTS) is 1. The second-order valence-electron chi connectivity index (χ2n) is 6.03. The lowest BCUT2D eigenvalue weighted by molar-refractivity contribution is -0.152. The van der Waals surface area contributed by atoms with Crippen LogP contribution in [0.2, 0.25) is 5.02 Å². The van der Waals surface area contributed by atoms with Crippen LogP contribution in [0.4, 0.5) is 13.2 Å². The van der Waals surface area contributed by atoms with Gasteiger partial charge >= 0.3 is 12.1 Å². The third-order valence-corrected chi connectivity index (χ3v) is 4.21. The van der Waals surface area contributed by atoms with Crippen molar-refractivity contribution in [1.29, 1.82) is 0 Å². The van der Waals surface area contributed by atoms with Crippen LogP contribution in [-0.2, 0) is 15.7 Å². The van der Waals surface area contributed by atoms with E-state index >= 15 is 0 Å². The monoisotopic (exact) mass is 445 g/mol. The first-order valence-electron chi connectivity index (χ1n) is 8.56. The van der Waals surface area contributed by atoms with Crippen LogP contribution in [0.3, 0.4) is 0 Å². The largest absolute Gasteiger partial charge is 0.478 e. The van der Waals surface area contributed by atoms with Crippen molar-refractivity contribution in [2.45, 2.75) is 32.2 Å². The van der Waals surface area contributed by atoms with Gasteiger partial charge in [0.2, 0.25) is 12.0 Å². The van der Waals surface area contributed by atoms with Gasteiger partial charge in [0, 0.05) is 12.8 Å². The van der Waals surface area contributed by atoms with Crippen molar-refractivity contribution in [2.24, 2.45) is 0 Å². The molecule has 0 aromatic carbocycles. The van der Waals surface area contributed by atoms with Gasteiger partial charge in [0.1, 0.15) is 23.4 Å². The number of fused-ring (bicyclic) bond motifs is 1. The number of ether oxygens (including phenoxy) is 2. The van der Waals surface area contributed by atoms with Gasteiger partial charge < -0.3 is 14.6 Å². The maximum atomic E-state index is 13.4. The van der Waals surface area contributed by atoms with Crippen LogP contribution in [0, 0.1) is 0 Å². The zero-order valence-electron chi connectivity index (χ0n) is 15.6. The van der Waals surface area contributed by atoms with Crippen molar-refractivity contribution in [1.82, 2.24) is 24.7 Å². The summed E-state index contributed by atoms with van der Waals surface area (Å²) < 4.78 is 51.9. The van der Waals surface area contributed by atoms with E-state index in [4.69, 9.17) is 21.1 Å². The summed E-state index contributed by atoms with van der Waals surface area (Å²) >= 11 is 5.66. The molecule has 0 aliphatic carbocycles.